The quantitative estimate of drug-likeness (QED) is 0.626. The second kappa shape index (κ2) is 2.37. The van der Waals surface area contributed by atoms with Crippen molar-refractivity contribution in [3.63, 3.8) is 0 Å². The van der Waals surface area contributed by atoms with Gasteiger partial charge in [-0.2, -0.15) is 0 Å². The van der Waals surface area contributed by atoms with Crippen LogP contribution in [0.5, 0.6) is 5.75 Å². The summed E-state index contributed by atoms with van der Waals surface area (Å²) in [5.41, 5.74) is 0.397. The second-order valence-electron chi connectivity index (χ2n) is 2.52. The predicted molar refractivity (Wildman–Crippen MR) is 45.3 cm³/mol. The van der Waals surface area contributed by atoms with Gasteiger partial charge in [0.05, 0.1) is 0 Å². The van der Waals surface area contributed by atoms with E-state index < -0.39 is 0 Å². The minimum atomic E-state index is -0.381. The summed E-state index contributed by atoms with van der Waals surface area (Å²) in [5.74, 6) is -0.223. The summed E-state index contributed by atoms with van der Waals surface area (Å²) >= 11 is 0. The van der Waals surface area contributed by atoms with Gasteiger partial charge in [-0.25, -0.2) is 0 Å². The first-order chi connectivity index (χ1) is 5.79. The van der Waals surface area contributed by atoms with Gasteiger partial charge in [0.25, 0.3) is 5.56 Å². The van der Waals surface area contributed by atoms with E-state index in [1.807, 2.05) is 6.07 Å². The number of nitrogens with zero attached hydrogens (tertiary/aromatic N) is 1. The summed E-state index contributed by atoms with van der Waals surface area (Å²) in [6.07, 6.45) is 1.62. The molecule has 2 rings (SSSR count). The summed E-state index contributed by atoms with van der Waals surface area (Å²) in [6.45, 7) is 0. The molecule has 0 atom stereocenters. The first kappa shape index (κ1) is 6.91. The van der Waals surface area contributed by atoms with Crippen LogP contribution >= 0.6 is 0 Å². The summed E-state index contributed by atoms with van der Waals surface area (Å²) in [7, 11) is 0. The van der Waals surface area contributed by atoms with Crippen molar-refractivity contribution in [3.05, 3.63) is 46.9 Å². The van der Waals surface area contributed by atoms with E-state index in [1.165, 1.54) is 10.5 Å². The molecule has 2 aromatic rings. The number of fused-ring (bicyclic) bond motifs is 1. The average Bonchev–Trinajstić information content (AvgIpc) is 2.12. The monoisotopic (exact) mass is 161 g/mol. The van der Waals surface area contributed by atoms with Crippen LogP contribution in [0.3, 0.4) is 0 Å². The molecule has 0 aliphatic heterocycles. The average molecular weight is 161 g/mol. The number of rotatable bonds is 0. The molecule has 2 heterocycles. The lowest BCUT2D eigenvalue weighted by Gasteiger charge is -1.98. The molecule has 60 valence electrons. The van der Waals surface area contributed by atoms with Gasteiger partial charge in [0.2, 0.25) is 0 Å². The molecule has 0 saturated carbocycles. The Labute approximate surface area is 68.5 Å². The highest BCUT2D eigenvalue weighted by atomic mass is 16.3. The van der Waals surface area contributed by atoms with E-state index >= 15 is 0 Å². The van der Waals surface area contributed by atoms with Crippen molar-refractivity contribution in [1.29, 1.82) is 0 Å². The standard InChI is InChI=1S/C9H7NO2/c11-8-5-4-7-3-1-2-6-10(7)9(8)12/h1-6,11H. The van der Waals surface area contributed by atoms with Gasteiger partial charge >= 0.3 is 0 Å². The molecule has 12 heavy (non-hydrogen) atoms. The van der Waals surface area contributed by atoms with Crippen LogP contribution in [0.25, 0.3) is 5.52 Å². The molecular weight excluding hydrogens is 154 g/mol. The Hall–Kier alpha value is -1.77. The highest BCUT2D eigenvalue weighted by molar-refractivity contribution is 5.47. The fraction of sp³-hybridized carbons (Fsp3) is 0. The third kappa shape index (κ3) is 0.871. The van der Waals surface area contributed by atoms with Crippen molar-refractivity contribution in [2.24, 2.45) is 0 Å². The van der Waals surface area contributed by atoms with Crippen LogP contribution in [0.4, 0.5) is 0 Å². The lowest BCUT2D eigenvalue weighted by atomic mass is 10.3. The van der Waals surface area contributed by atoms with Crippen molar-refractivity contribution >= 4 is 5.52 Å². The molecule has 0 bridgehead atoms. The zero-order valence-electron chi connectivity index (χ0n) is 6.27. The van der Waals surface area contributed by atoms with E-state index in [1.54, 1.807) is 24.4 Å². The minimum absolute atomic E-state index is 0.223. The first-order valence-corrected chi connectivity index (χ1v) is 3.58. The highest BCUT2D eigenvalue weighted by Crippen LogP contribution is 2.04. The first-order valence-electron chi connectivity index (χ1n) is 3.58. The van der Waals surface area contributed by atoms with Crippen LogP contribution in [-0.4, -0.2) is 9.51 Å². The van der Waals surface area contributed by atoms with Crippen molar-refractivity contribution in [2.45, 2.75) is 0 Å². The van der Waals surface area contributed by atoms with Gasteiger partial charge in [-0.1, -0.05) is 6.07 Å². The third-order valence-corrected chi connectivity index (χ3v) is 1.74. The Bertz CT molecular complexity index is 473. The third-order valence-electron chi connectivity index (χ3n) is 1.74. The number of aromatic nitrogens is 1. The molecule has 0 amide bonds. The molecular formula is C9H7NO2. The van der Waals surface area contributed by atoms with Crippen LogP contribution in [0, 0.1) is 0 Å². The number of pyridine rings is 2. The van der Waals surface area contributed by atoms with Crippen molar-refractivity contribution < 1.29 is 5.11 Å². The Morgan fingerprint density at radius 3 is 2.83 bits per heavy atom. The molecule has 0 aliphatic carbocycles. The molecule has 0 aromatic carbocycles. The fourth-order valence-corrected chi connectivity index (χ4v) is 1.14. The van der Waals surface area contributed by atoms with Crippen LogP contribution in [0.1, 0.15) is 0 Å². The largest absolute Gasteiger partial charge is 0.503 e. The molecule has 0 radical (unpaired) electrons. The Morgan fingerprint density at radius 2 is 2.00 bits per heavy atom. The lowest BCUT2D eigenvalue weighted by molar-refractivity contribution is 0.465. The zero-order valence-corrected chi connectivity index (χ0v) is 6.27. The minimum Gasteiger partial charge on any atom is -0.503 e. The summed E-state index contributed by atoms with van der Waals surface area (Å²) in [6, 6.07) is 8.48. The molecule has 3 nitrogen and oxygen atoms in total. The normalized spacial score (nSPS) is 10.3. The maximum absolute atomic E-state index is 11.2. The summed E-state index contributed by atoms with van der Waals surface area (Å²) < 4.78 is 1.40. The van der Waals surface area contributed by atoms with Crippen LogP contribution in [-0.2, 0) is 0 Å². The summed E-state index contributed by atoms with van der Waals surface area (Å²) in [4.78, 5) is 11.2. The number of aromatic hydroxyl groups is 1. The van der Waals surface area contributed by atoms with Gasteiger partial charge in [0.15, 0.2) is 5.75 Å². The Balaban J connectivity index is 3.01. The molecule has 3 heteroatoms. The van der Waals surface area contributed by atoms with Crippen LogP contribution in [0.2, 0.25) is 0 Å². The molecule has 0 saturated heterocycles. The summed E-state index contributed by atoms with van der Waals surface area (Å²) in [5, 5.41) is 9.08. The molecule has 0 aliphatic rings. The Kier molecular flexibility index (Phi) is 1.37. The molecule has 0 fully saturated rings. The highest BCUT2D eigenvalue weighted by Gasteiger charge is 1.98. The molecule has 0 unspecified atom stereocenters. The van der Waals surface area contributed by atoms with Gasteiger partial charge < -0.3 is 5.11 Å². The van der Waals surface area contributed by atoms with E-state index in [9.17, 15) is 4.79 Å². The number of hydrogen-bond acceptors (Lipinski definition) is 2. The SMILES string of the molecule is O=c1c(O)ccc2ccccn12. The molecule has 1 N–H and O–H groups in total. The molecule has 2 aromatic heterocycles. The van der Waals surface area contributed by atoms with Crippen molar-refractivity contribution in [3.8, 4) is 5.75 Å². The van der Waals surface area contributed by atoms with Crippen LogP contribution < -0.4 is 5.56 Å². The second-order valence-corrected chi connectivity index (χ2v) is 2.52. The van der Waals surface area contributed by atoms with Crippen LogP contribution in [0.15, 0.2) is 41.3 Å². The van der Waals surface area contributed by atoms with Gasteiger partial charge in [-0.3, -0.25) is 9.20 Å². The topological polar surface area (TPSA) is 41.7 Å². The number of hydrogen-bond donors (Lipinski definition) is 1. The Morgan fingerprint density at radius 1 is 1.17 bits per heavy atom. The van der Waals surface area contributed by atoms with E-state index in [-0.39, 0.29) is 11.3 Å². The maximum atomic E-state index is 11.2. The van der Waals surface area contributed by atoms with Gasteiger partial charge in [-0.15, -0.1) is 0 Å². The van der Waals surface area contributed by atoms with E-state index in [2.05, 4.69) is 0 Å². The van der Waals surface area contributed by atoms with Gasteiger partial charge in [0.1, 0.15) is 0 Å². The fourth-order valence-electron chi connectivity index (χ4n) is 1.14. The van der Waals surface area contributed by atoms with E-state index in [0.717, 1.165) is 5.52 Å². The van der Waals surface area contributed by atoms with Crippen molar-refractivity contribution in [2.75, 3.05) is 0 Å². The maximum Gasteiger partial charge on any atom is 0.297 e. The smallest absolute Gasteiger partial charge is 0.297 e. The van der Waals surface area contributed by atoms with Crippen molar-refractivity contribution in [1.82, 2.24) is 4.40 Å². The predicted octanol–water partition coefficient (Wildman–Crippen LogP) is 1.01. The lowest BCUT2D eigenvalue weighted by Crippen LogP contribution is -2.11. The van der Waals surface area contributed by atoms with Gasteiger partial charge in [0, 0.05) is 11.7 Å². The van der Waals surface area contributed by atoms with E-state index in [4.69, 9.17) is 5.11 Å². The zero-order chi connectivity index (χ0) is 8.55. The van der Waals surface area contributed by atoms with Gasteiger partial charge in [-0.05, 0) is 24.3 Å². The molecule has 0 spiro atoms. The van der Waals surface area contributed by atoms with E-state index in [0.29, 0.717) is 0 Å².